The zero-order chi connectivity index (χ0) is 11.7. The van der Waals surface area contributed by atoms with Crippen LogP contribution < -0.4 is 5.73 Å². The smallest absolute Gasteiger partial charge is 0.322 e. The Labute approximate surface area is 91.5 Å². The molecule has 0 aliphatic heterocycles. The third kappa shape index (κ3) is 7.30. The Bertz CT molecular complexity index is 176. The molecule has 1 atom stereocenters. The Balaban J connectivity index is 3.60. The van der Waals surface area contributed by atoms with Gasteiger partial charge in [0.2, 0.25) is 0 Å². The van der Waals surface area contributed by atoms with E-state index in [4.69, 9.17) is 15.2 Å². The van der Waals surface area contributed by atoms with Crippen molar-refractivity contribution in [3.63, 3.8) is 0 Å². The fourth-order valence-electron chi connectivity index (χ4n) is 1.09. The molecule has 0 aromatic carbocycles. The highest BCUT2D eigenvalue weighted by Gasteiger charge is 2.14. The molecule has 0 radical (unpaired) electrons. The van der Waals surface area contributed by atoms with Crippen molar-refractivity contribution in [3.8, 4) is 0 Å². The Morgan fingerprint density at radius 2 is 2.13 bits per heavy atom. The maximum Gasteiger partial charge on any atom is 0.322 e. The third-order valence-corrected chi connectivity index (χ3v) is 2.09. The number of likely N-dealkylation sites (N-methyl/N-ethyl adjacent to an activating group) is 1. The Morgan fingerprint density at radius 1 is 1.47 bits per heavy atom. The van der Waals surface area contributed by atoms with E-state index in [1.165, 1.54) is 0 Å². The third-order valence-electron chi connectivity index (χ3n) is 2.09. The summed E-state index contributed by atoms with van der Waals surface area (Å²) >= 11 is 0. The highest BCUT2D eigenvalue weighted by molar-refractivity contribution is 5.75. The first-order chi connectivity index (χ1) is 7.11. The van der Waals surface area contributed by atoms with Crippen LogP contribution in [0.15, 0.2) is 0 Å². The van der Waals surface area contributed by atoms with Gasteiger partial charge in [-0.05, 0) is 26.9 Å². The van der Waals surface area contributed by atoms with E-state index in [0.717, 1.165) is 13.1 Å². The van der Waals surface area contributed by atoms with Crippen molar-refractivity contribution in [2.45, 2.75) is 19.4 Å². The van der Waals surface area contributed by atoms with E-state index in [1.54, 1.807) is 14.0 Å². The van der Waals surface area contributed by atoms with Gasteiger partial charge in [0.1, 0.15) is 6.04 Å². The number of carbonyl (C=O) groups excluding carboxylic acids is 1. The number of nitrogens with two attached hydrogens (primary N) is 1. The SMILES string of the molecule is CCOC(=O)C(N)CCN(C)CCOC. The normalized spacial score (nSPS) is 12.9. The molecule has 0 saturated carbocycles. The molecule has 0 aliphatic carbocycles. The van der Waals surface area contributed by atoms with Gasteiger partial charge >= 0.3 is 5.97 Å². The Morgan fingerprint density at radius 3 is 2.67 bits per heavy atom. The van der Waals surface area contributed by atoms with Gasteiger partial charge in [-0.25, -0.2) is 0 Å². The maximum absolute atomic E-state index is 11.2. The molecule has 1 unspecified atom stereocenters. The van der Waals surface area contributed by atoms with Gasteiger partial charge in [0.05, 0.1) is 13.2 Å². The summed E-state index contributed by atoms with van der Waals surface area (Å²) < 4.78 is 9.75. The largest absolute Gasteiger partial charge is 0.465 e. The number of carbonyl (C=O) groups is 1. The summed E-state index contributed by atoms with van der Waals surface area (Å²) in [5, 5.41) is 0. The average Bonchev–Trinajstić information content (AvgIpc) is 2.23. The summed E-state index contributed by atoms with van der Waals surface area (Å²) in [6.45, 7) is 4.45. The highest BCUT2D eigenvalue weighted by atomic mass is 16.5. The second-order valence-electron chi connectivity index (χ2n) is 3.44. The second-order valence-corrected chi connectivity index (χ2v) is 3.44. The van der Waals surface area contributed by atoms with Gasteiger partial charge in [-0.1, -0.05) is 0 Å². The number of hydrogen-bond acceptors (Lipinski definition) is 5. The second kappa shape index (κ2) is 8.64. The van der Waals surface area contributed by atoms with Crippen molar-refractivity contribution in [2.75, 3.05) is 40.5 Å². The summed E-state index contributed by atoms with van der Waals surface area (Å²) in [5.41, 5.74) is 5.65. The number of rotatable bonds is 8. The van der Waals surface area contributed by atoms with Crippen LogP contribution in [0.25, 0.3) is 0 Å². The minimum atomic E-state index is -0.519. The summed E-state index contributed by atoms with van der Waals surface area (Å²) in [4.78, 5) is 13.3. The molecule has 0 bridgehead atoms. The fourth-order valence-corrected chi connectivity index (χ4v) is 1.09. The van der Waals surface area contributed by atoms with Gasteiger partial charge in [-0.15, -0.1) is 0 Å². The molecule has 15 heavy (non-hydrogen) atoms. The van der Waals surface area contributed by atoms with Gasteiger partial charge in [0, 0.05) is 13.7 Å². The lowest BCUT2D eigenvalue weighted by Crippen LogP contribution is -2.36. The summed E-state index contributed by atoms with van der Waals surface area (Å²) in [6.07, 6.45) is 0.610. The average molecular weight is 218 g/mol. The number of hydrogen-bond donors (Lipinski definition) is 1. The van der Waals surface area contributed by atoms with Crippen molar-refractivity contribution in [3.05, 3.63) is 0 Å². The van der Waals surface area contributed by atoms with Crippen molar-refractivity contribution >= 4 is 5.97 Å². The van der Waals surface area contributed by atoms with Gasteiger partial charge in [-0.3, -0.25) is 4.79 Å². The lowest BCUT2D eigenvalue weighted by molar-refractivity contribution is -0.144. The lowest BCUT2D eigenvalue weighted by Gasteiger charge is -2.17. The standard InChI is InChI=1S/C10H22N2O3/c1-4-15-10(13)9(11)5-6-12(2)7-8-14-3/h9H,4-8,11H2,1-3H3. The van der Waals surface area contributed by atoms with Crippen LogP contribution in [0, 0.1) is 0 Å². The minimum absolute atomic E-state index is 0.322. The molecule has 90 valence electrons. The first kappa shape index (κ1) is 14.3. The minimum Gasteiger partial charge on any atom is -0.465 e. The lowest BCUT2D eigenvalue weighted by atomic mass is 10.2. The molecule has 0 amide bonds. The van der Waals surface area contributed by atoms with Crippen LogP contribution in [0.2, 0.25) is 0 Å². The maximum atomic E-state index is 11.2. The summed E-state index contributed by atoms with van der Waals surface area (Å²) in [6, 6.07) is -0.519. The van der Waals surface area contributed by atoms with Crippen molar-refractivity contribution < 1.29 is 14.3 Å². The first-order valence-corrected chi connectivity index (χ1v) is 5.21. The predicted octanol–water partition coefficient (Wildman–Crippen LogP) is -0.155. The summed E-state index contributed by atoms with van der Waals surface area (Å²) in [7, 11) is 3.63. The zero-order valence-corrected chi connectivity index (χ0v) is 9.86. The van der Waals surface area contributed by atoms with Crippen LogP contribution >= 0.6 is 0 Å². The Kier molecular flexibility index (Phi) is 8.27. The van der Waals surface area contributed by atoms with Crippen molar-refractivity contribution in [1.29, 1.82) is 0 Å². The highest BCUT2D eigenvalue weighted by Crippen LogP contribution is 1.95. The van der Waals surface area contributed by atoms with E-state index in [-0.39, 0.29) is 5.97 Å². The van der Waals surface area contributed by atoms with Crippen LogP contribution in [0.4, 0.5) is 0 Å². The number of nitrogens with zero attached hydrogens (tertiary/aromatic N) is 1. The molecular weight excluding hydrogens is 196 g/mol. The number of esters is 1. The van der Waals surface area contributed by atoms with E-state index in [1.807, 2.05) is 7.05 Å². The predicted molar refractivity (Wildman–Crippen MR) is 58.6 cm³/mol. The molecule has 5 nitrogen and oxygen atoms in total. The molecule has 0 fully saturated rings. The fraction of sp³-hybridized carbons (Fsp3) is 0.900. The quantitative estimate of drug-likeness (QED) is 0.574. The van der Waals surface area contributed by atoms with Crippen LogP contribution in [-0.2, 0) is 14.3 Å². The van der Waals surface area contributed by atoms with Gasteiger partial charge in [0.15, 0.2) is 0 Å². The van der Waals surface area contributed by atoms with Gasteiger partial charge in [0.25, 0.3) is 0 Å². The van der Waals surface area contributed by atoms with Crippen LogP contribution in [-0.4, -0.2) is 57.4 Å². The van der Waals surface area contributed by atoms with Crippen molar-refractivity contribution in [1.82, 2.24) is 4.90 Å². The molecule has 0 spiro atoms. The zero-order valence-electron chi connectivity index (χ0n) is 9.86. The summed E-state index contributed by atoms with van der Waals surface area (Å²) in [5.74, 6) is -0.322. The molecule has 2 N–H and O–H groups in total. The molecule has 0 saturated heterocycles. The molecule has 0 rings (SSSR count). The topological polar surface area (TPSA) is 64.8 Å². The molecule has 0 aromatic rings. The first-order valence-electron chi connectivity index (χ1n) is 5.21. The van der Waals surface area contributed by atoms with E-state index >= 15 is 0 Å². The van der Waals surface area contributed by atoms with Crippen molar-refractivity contribution in [2.24, 2.45) is 5.73 Å². The molecule has 0 heterocycles. The van der Waals surface area contributed by atoms with Gasteiger partial charge in [-0.2, -0.15) is 0 Å². The molecule has 0 aromatic heterocycles. The van der Waals surface area contributed by atoms with Gasteiger partial charge < -0.3 is 20.1 Å². The number of methoxy groups -OCH3 is 1. The van der Waals surface area contributed by atoms with Crippen LogP contribution in [0.3, 0.4) is 0 Å². The molecule has 5 heteroatoms. The molecule has 0 aliphatic rings. The van der Waals surface area contributed by atoms with E-state index in [2.05, 4.69) is 4.90 Å². The van der Waals surface area contributed by atoms with Crippen LogP contribution in [0.1, 0.15) is 13.3 Å². The van der Waals surface area contributed by atoms with E-state index in [9.17, 15) is 4.79 Å². The van der Waals surface area contributed by atoms with E-state index < -0.39 is 6.04 Å². The van der Waals surface area contributed by atoms with Crippen LogP contribution in [0.5, 0.6) is 0 Å². The monoisotopic (exact) mass is 218 g/mol. The Hall–Kier alpha value is -0.650. The molecular formula is C10H22N2O3. The number of ether oxygens (including phenoxy) is 2. The van der Waals surface area contributed by atoms with E-state index in [0.29, 0.717) is 19.6 Å².